The molecule has 0 aliphatic rings. The largest absolute Gasteiger partial charge is 0.465 e. The van der Waals surface area contributed by atoms with Gasteiger partial charge in [-0.3, -0.25) is 14.2 Å². The summed E-state index contributed by atoms with van der Waals surface area (Å²) in [7, 11) is -3.73. The van der Waals surface area contributed by atoms with Crippen LogP contribution in [0.1, 0.15) is 20.3 Å². The van der Waals surface area contributed by atoms with Gasteiger partial charge in [0.15, 0.2) is 14.6 Å². The lowest BCUT2D eigenvalue weighted by atomic mass is 10.1. The lowest BCUT2D eigenvalue weighted by Gasteiger charge is -2.25. The molecular formula is C16H19BrN2O5S. The predicted molar refractivity (Wildman–Crippen MR) is 98.2 cm³/mol. The molecule has 1 atom stereocenters. The predicted octanol–water partition coefficient (Wildman–Crippen LogP) is 1.92. The van der Waals surface area contributed by atoms with Crippen LogP contribution in [-0.4, -0.2) is 41.5 Å². The van der Waals surface area contributed by atoms with E-state index < -0.39 is 20.6 Å². The zero-order valence-corrected chi connectivity index (χ0v) is 16.6. The van der Waals surface area contributed by atoms with Crippen molar-refractivity contribution in [2.75, 3.05) is 12.9 Å². The Kier molecular flexibility index (Phi) is 5.68. The highest BCUT2D eigenvalue weighted by molar-refractivity contribution is 9.10. The van der Waals surface area contributed by atoms with Crippen molar-refractivity contribution in [3.8, 4) is 0 Å². The van der Waals surface area contributed by atoms with Crippen molar-refractivity contribution >= 4 is 42.6 Å². The van der Waals surface area contributed by atoms with E-state index in [-0.39, 0.29) is 25.1 Å². The fourth-order valence-electron chi connectivity index (χ4n) is 2.35. The molecule has 136 valence electrons. The zero-order valence-electron chi connectivity index (χ0n) is 14.2. The highest BCUT2D eigenvalue weighted by Crippen LogP contribution is 2.24. The molecule has 7 nitrogen and oxygen atoms in total. The molecule has 25 heavy (non-hydrogen) atoms. The zero-order chi connectivity index (χ0) is 18.8. The summed E-state index contributed by atoms with van der Waals surface area (Å²) in [5, 5.41) is 0.419. The van der Waals surface area contributed by atoms with Gasteiger partial charge in [0, 0.05) is 17.3 Å². The summed E-state index contributed by atoms with van der Waals surface area (Å²) in [6, 6.07) is 5.10. The summed E-state index contributed by atoms with van der Waals surface area (Å²) < 4.78 is 29.5. The van der Waals surface area contributed by atoms with Crippen molar-refractivity contribution < 1.29 is 17.9 Å². The second-order valence-corrected chi connectivity index (χ2v) is 9.24. The van der Waals surface area contributed by atoms with Crippen LogP contribution in [0.5, 0.6) is 0 Å². The lowest BCUT2D eigenvalue weighted by molar-refractivity contribution is -0.146. The minimum Gasteiger partial charge on any atom is -0.465 e. The fraction of sp³-hybridized carbons (Fsp3) is 0.438. The second-order valence-electron chi connectivity index (χ2n) is 5.88. The van der Waals surface area contributed by atoms with Crippen molar-refractivity contribution in [1.82, 2.24) is 9.55 Å². The van der Waals surface area contributed by atoms with Gasteiger partial charge in [0.1, 0.15) is 0 Å². The third-order valence-corrected chi connectivity index (χ3v) is 6.64. The first-order valence-electron chi connectivity index (χ1n) is 7.61. The number of aromatic nitrogens is 2. The molecule has 1 aromatic carbocycles. The number of esters is 1. The van der Waals surface area contributed by atoms with E-state index in [9.17, 15) is 18.0 Å². The van der Waals surface area contributed by atoms with Crippen molar-refractivity contribution in [1.29, 1.82) is 0 Å². The number of nitrogens with zero attached hydrogens (tertiary/aromatic N) is 2. The number of benzene rings is 1. The second kappa shape index (κ2) is 7.25. The van der Waals surface area contributed by atoms with E-state index in [4.69, 9.17) is 4.74 Å². The summed E-state index contributed by atoms with van der Waals surface area (Å²) in [5.41, 5.74) is 0.240. The maximum absolute atomic E-state index is 12.5. The minimum atomic E-state index is -3.73. The molecule has 2 aromatic rings. The number of hydrogen-bond acceptors (Lipinski definition) is 6. The molecule has 0 N–H and O–H groups in total. The van der Waals surface area contributed by atoms with Gasteiger partial charge in [-0.2, -0.15) is 0 Å². The van der Waals surface area contributed by atoms with Crippen molar-refractivity contribution in [2.45, 2.75) is 31.6 Å². The summed E-state index contributed by atoms with van der Waals surface area (Å²) in [4.78, 5) is 28.9. The standard InChI is InChI=1S/C16H19BrN2O5S/c1-4-24-15(21)16(2,25(3,22)23)7-8-19-10-18-13-9-11(17)5-6-12(13)14(19)20/h5-6,9-10H,4,7-8H2,1-3H3/t16-/m1/s1. The summed E-state index contributed by atoms with van der Waals surface area (Å²) in [6.07, 6.45) is 2.25. The first kappa shape index (κ1) is 19.6. The van der Waals surface area contributed by atoms with Crippen LogP contribution < -0.4 is 5.56 Å². The highest BCUT2D eigenvalue weighted by atomic mass is 79.9. The van der Waals surface area contributed by atoms with E-state index in [0.717, 1.165) is 10.7 Å². The number of hydrogen-bond donors (Lipinski definition) is 0. The Morgan fingerprint density at radius 3 is 2.68 bits per heavy atom. The summed E-state index contributed by atoms with van der Waals surface area (Å²) in [5.74, 6) is -0.816. The average molecular weight is 431 g/mol. The van der Waals surface area contributed by atoms with Gasteiger partial charge in [-0.25, -0.2) is 13.4 Å². The van der Waals surface area contributed by atoms with Crippen LogP contribution in [-0.2, 0) is 25.9 Å². The Balaban J connectivity index is 2.37. The van der Waals surface area contributed by atoms with Crippen LogP contribution in [0.15, 0.2) is 33.8 Å². The van der Waals surface area contributed by atoms with E-state index in [1.54, 1.807) is 25.1 Å². The SMILES string of the molecule is CCOC(=O)[C@@](C)(CCn1cnc2cc(Br)ccc2c1=O)S(C)(=O)=O. The number of sulfone groups is 1. The number of carbonyl (C=O) groups excluding carboxylic acids is 1. The Bertz CT molecular complexity index is 970. The molecule has 0 saturated heterocycles. The van der Waals surface area contributed by atoms with Gasteiger partial charge in [-0.05, 0) is 38.5 Å². The third-order valence-electron chi connectivity index (χ3n) is 4.14. The Morgan fingerprint density at radius 1 is 1.40 bits per heavy atom. The summed E-state index contributed by atoms with van der Waals surface area (Å²) in [6.45, 7) is 3.03. The number of carbonyl (C=O) groups is 1. The maximum atomic E-state index is 12.5. The number of ether oxygens (including phenoxy) is 1. The molecule has 0 bridgehead atoms. The van der Waals surface area contributed by atoms with E-state index in [1.165, 1.54) is 17.8 Å². The smallest absolute Gasteiger partial charge is 0.327 e. The number of rotatable bonds is 6. The molecule has 9 heteroatoms. The molecule has 0 spiro atoms. The molecule has 0 saturated carbocycles. The fourth-order valence-corrected chi connectivity index (χ4v) is 3.52. The van der Waals surface area contributed by atoms with Crippen LogP contribution in [0.3, 0.4) is 0 Å². The van der Waals surface area contributed by atoms with E-state index >= 15 is 0 Å². The van der Waals surface area contributed by atoms with E-state index in [0.29, 0.717) is 10.9 Å². The van der Waals surface area contributed by atoms with Gasteiger partial charge in [0.05, 0.1) is 23.8 Å². The van der Waals surface area contributed by atoms with Crippen LogP contribution in [0.4, 0.5) is 0 Å². The van der Waals surface area contributed by atoms with E-state index in [1.807, 2.05) is 0 Å². The lowest BCUT2D eigenvalue weighted by Crippen LogP contribution is -2.45. The minimum absolute atomic E-state index is 0.0280. The average Bonchev–Trinajstić information content (AvgIpc) is 2.53. The first-order chi connectivity index (χ1) is 11.6. The molecule has 0 aliphatic carbocycles. The molecule has 0 aliphatic heterocycles. The van der Waals surface area contributed by atoms with Crippen molar-refractivity contribution in [3.63, 3.8) is 0 Å². The van der Waals surface area contributed by atoms with Crippen LogP contribution in [0, 0.1) is 0 Å². The van der Waals surface area contributed by atoms with Crippen molar-refractivity contribution in [3.05, 3.63) is 39.4 Å². The van der Waals surface area contributed by atoms with Gasteiger partial charge >= 0.3 is 5.97 Å². The number of aryl methyl sites for hydroxylation is 1. The van der Waals surface area contributed by atoms with Gasteiger partial charge in [-0.15, -0.1) is 0 Å². The number of fused-ring (bicyclic) bond motifs is 1. The molecule has 0 radical (unpaired) electrons. The van der Waals surface area contributed by atoms with Crippen LogP contribution >= 0.6 is 15.9 Å². The molecular weight excluding hydrogens is 412 g/mol. The van der Waals surface area contributed by atoms with Gasteiger partial charge < -0.3 is 4.74 Å². The summed E-state index contributed by atoms with van der Waals surface area (Å²) >= 11 is 3.32. The van der Waals surface area contributed by atoms with Crippen LogP contribution in [0.2, 0.25) is 0 Å². The molecule has 1 heterocycles. The Morgan fingerprint density at radius 2 is 2.08 bits per heavy atom. The topological polar surface area (TPSA) is 95.3 Å². The molecule has 2 rings (SSSR count). The number of halogens is 1. The maximum Gasteiger partial charge on any atom is 0.327 e. The normalized spacial score (nSPS) is 14.2. The van der Waals surface area contributed by atoms with Crippen LogP contribution in [0.25, 0.3) is 10.9 Å². The quantitative estimate of drug-likeness (QED) is 0.649. The molecule has 1 aromatic heterocycles. The third kappa shape index (κ3) is 3.92. The Hall–Kier alpha value is -1.74. The molecule has 0 fully saturated rings. The molecule has 0 unspecified atom stereocenters. The first-order valence-corrected chi connectivity index (χ1v) is 10.3. The Labute approximate surface area is 154 Å². The van der Waals surface area contributed by atoms with E-state index in [2.05, 4.69) is 20.9 Å². The van der Waals surface area contributed by atoms with Gasteiger partial charge in [0.25, 0.3) is 5.56 Å². The monoisotopic (exact) mass is 430 g/mol. The highest BCUT2D eigenvalue weighted by Gasteiger charge is 2.44. The van der Waals surface area contributed by atoms with Gasteiger partial charge in [0.2, 0.25) is 0 Å². The van der Waals surface area contributed by atoms with Gasteiger partial charge in [-0.1, -0.05) is 15.9 Å². The molecule has 0 amide bonds. The van der Waals surface area contributed by atoms with Crippen molar-refractivity contribution in [2.24, 2.45) is 0 Å².